The van der Waals surface area contributed by atoms with Crippen LogP contribution in [-0.2, 0) is 9.63 Å². The van der Waals surface area contributed by atoms with Gasteiger partial charge in [0.15, 0.2) is 11.6 Å². The highest BCUT2D eigenvalue weighted by Gasteiger charge is 2.31. The summed E-state index contributed by atoms with van der Waals surface area (Å²) in [5.41, 5.74) is -0.642. The SMILES string of the molecule is CC(C)(CC(=O)N[C@@H]1CCCC[C@H]1O[N+](=O)[O-])NCC(O)COc1ccccc1F. The zero-order valence-electron chi connectivity index (χ0n) is 17.3. The van der Waals surface area contributed by atoms with Crippen molar-refractivity contribution < 1.29 is 29.0 Å². The van der Waals surface area contributed by atoms with Crippen LogP contribution in [0.3, 0.4) is 0 Å². The normalized spacial score (nSPS) is 20.3. The summed E-state index contributed by atoms with van der Waals surface area (Å²) < 4.78 is 18.8. The lowest BCUT2D eigenvalue weighted by molar-refractivity contribution is -0.770. The lowest BCUT2D eigenvalue weighted by atomic mass is 9.91. The lowest BCUT2D eigenvalue weighted by Gasteiger charge is -2.32. The number of nitrogens with one attached hydrogen (secondary N) is 2. The highest BCUT2D eigenvalue weighted by atomic mass is 19.1. The maximum Gasteiger partial charge on any atom is 0.294 e. The molecule has 1 fully saturated rings. The van der Waals surface area contributed by atoms with E-state index in [0.29, 0.717) is 12.8 Å². The Morgan fingerprint density at radius 1 is 1.37 bits per heavy atom. The molecule has 0 aromatic heterocycles. The van der Waals surface area contributed by atoms with E-state index in [1.165, 1.54) is 12.1 Å². The van der Waals surface area contributed by atoms with Crippen LogP contribution in [0.1, 0.15) is 46.0 Å². The van der Waals surface area contributed by atoms with Gasteiger partial charge in [-0.05, 0) is 38.8 Å². The molecule has 0 radical (unpaired) electrons. The molecule has 1 saturated carbocycles. The van der Waals surface area contributed by atoms with Crippen molar-refractivity contribution >= 4 is 5.91 Å². The first-order chi connectivity index (χ1) is 14.2. The fourth-order valence-electron chi connectivity index (χ4n) is 3.42. The second-order valence-corrected chi connectivity index (χ2v) is 8.16. The number of hydrogen-bond donors (Lipinski definition) is 3. The number of rotatable bonds is 11. The number of benzene rings is 1. The number of aliphatic hydroxyl groups is 1. The fourth-order valence-corrected chi connectivity index (χ4v) is 3.42. The molecule has 3 N–H and O–H groups in total. The van der Waals surface area contributed by atoms with Gasteiger partial charge in [0, 0.05) is 18.5 Å². The summed E-state index contributed by atoms with van der Waals surface area (Å²) in [5.74, 6) is -0.695. The van der Waals surface area contributed by atoms with E-state index in [2.05, 4.69) is 10.6 Å². The first kappa shape index (κ1) is 23.8. The third kappa shape index (κ3) is 8.11. The van der Waals surface area contributed by atoms with Crippen molar-refractivity contribution in [3.8, 4) is 5.75 Å². The molecule has 1 unspecified atom stereocenters. The van der Waals surface area contributed by atoms with E-state index in [1.54, 1.807) is 12.1 Å². The number of amides is 1. The summed E-state index contributed by atoms with van der Waals surface area (Å²) >= 11 is 0. The number of hydrogen-bond acceptors (Lipinski definition) is 7. The molecule has 0 saturated heterocycles. The number of carbonyl (C=O) groups is 1. The predicted molar refractivity (Wildman–Crippen MR) is 107 cm³/mol. The molecule has 3 atom stereocenters. The number of nitrogens with zero attached hydrogens (tertiary/aromatic N) is 1. The molecule has 1 aromatic rings. The first-order valence-electron chi connectivity index (χ1n) is 10.1. The summed E-state index contributed by atoms with van der Waals surface area (Å²) in [7, 11) is 0. The Balaban J connectivity index is 1.75. The van der Waals surface area contributed by atoms with Gasteiger partial charge in [-0.25, -0.2) is 4.39 Å². The van der Waals surface area contributed by atoms with Gasteiger partial charge >= 0.3 is 0 Å². The molecular weight excluding hydrogens is 397 g/mol. The Bertz CT molecular complexity index is 718. The van der Waals surface area contributed by atoms with Gasteiger partial charge in [-0.3, -0.25) is 4.79 Å². The van der Waals surface area contributed by atoms with Gasteiger partial charge in [0.05, 0.1) is 6.04 Å². The van der Waals surface area contributed by atoms with E-state index >= 15 is 0 Å². The Labute approximate surface area is 175 Å². The van der Waals surface area contributed by atoms with Gasteiger partial charge in [0.1, 0.15) is 18.8 Å². The van der Waals surface area contributed by atoms with Gasteiger partial charge in [-0.1, -0.05) is 25.0 Å². The minimum Gasteiger partial charge on any atom is -0.488 e. The van der Waals surface area contributed by atoms with Crippen molar-refractivity contribution in [3.63, 3.8) is 0 Å². The average molecular weight is 427 g/mol. The molecule has 10 heteroatoms. The Hall–Kier alpha value is -2.46. The molecular formula is C20H30FN3O6. The number of carbonyl (C=O) groups excluding carboxylic acids is 1. The molecule has 1 amide bonds. The van der Waals surface area contributed by atoms with Crippen LogP contribution >= 0.6 is 0 Å². The highest BCUT2D eigenvalue weighted by Crippen LogP contribution is 2.22. The van der Waals surface area contributed by atoms with E-state index in [0.717, 1.165) is 12.8 Å². The minimum atomic E-state index is -0.900. The van der Waals surface area contributed by atoms with Crippen LogP contribution in [0.2, 0.25) is 0 Å². The topological polar surface area (TPSA) is 123 Å². The van der Waals surface area contributed by atoms with Crippen LogP contribution in [-0.4, -0.2) is 53.0 Å². The summed E-state index contributed by atoms with van der Waals surface area (Å²) in [6, 6.07) is 5.54. The summed E-state index contributed by atoms with van der Waals surface area (Å²) in [6.45, 7) is 3.66. The zero-order chi connectivity index (χ0) is 22.1. The quantitative estimate of drug-likeness (QED) is 0.364. The molecule has 1 aliphatic carbocycles. The minimum absolute atomic E-state index is 0.0640. The monoisotopic (exact) mass is 427 g/mol. The first-order valence-corrected chi connectivity index (χ1v) is 10.1. The highest BCUT2D eigenvalue weighted by molar-refractivity contribution is 5.77. The zero-order valence-corrected chi connectivity index (χ0v) is 17.3. The van der Waals surface area contributed by atoms with E-state index in [-0.39, 0.29) is 31.2 Å². The lowest BCUT2D eigenvalue weighted by Crippen LogP contribution is -2.51. The van der Waals surface area contributed by atoms with Crippen LogP contribution in [0, 0.1) is 15.9 Å². The third-order valence-corrected chi connectivity index (χ3v) is 4.96. The Kier molecular flexibility index (Phi) is 8.79. The van der Waals surface area contributed by atoms with E-state index in [1.807, 2.05) is 13.8 Å². The summed E-state index contributed by atoms with van der Waals surface area (Å²) in [6.07, 6.45) is 1.43. The van der Waals surface area contributed by atoms with Gasteiger partial charge in [0.2, 0.25) is 5.91 Å². The molecule has 2 rings (SSSR count). The van der Waals surface area contributed by atoms with Crippen molar-refractivity contribution in [1.29, 1.82) is 0 Å². The second-order valence-electron chi connectivity index (χ2n) is 8.16. The molecule has 30 heavy (non-hydrogen) atoms. The van der Waals surface area contributed by atoms with Crippen LogP contribution < -0.4 is 15.4 Å². The number of ether oxygens (including phenoxy) is 1. The summed E-state index contributed by atoms with van der Waals surface area (Å²) in [5, 5.41) is 25.8. The standard InChI is InChI=1S/C20H30FN3O6/c1-20(2,22-12-14(25)13-29-17-9-5-3-7-15(17)21)11-19(26)23-16-8-4-6-10-18(16)30-24(27)28/h3,5,7,9,14,16,18,22,25H,4,6,8,10-13H2,1-2H3,(H,23,26)/t14?,16-,18-/m1/s1. The van der Waals surface area contributed by atoms with Gasteiger partial charge in [0.25, 0.3) is 5.09 Å². The molecule has 1 aliphatic rings. The van der Waals surface area contributed by atoms with Gasteiger partial charge < -0.3 is 25.3 Å². The van der Waals surface area contributed by atoms with Crippen LogP contribution in [0.25, 0.3) is 0 Å². The Morgan fingerprint density at radius 2 is 2.07 bits per heavy atom. The Morgan fingerprint density at radius 3 is 2.77 bits per heavy atom. The largest absolute Gasteiger partial charge is 0.488 e. The number of aliphatic hydroxyl groups excluding tert-OH is 1. The maximum atomic E-state index is 13.5. The van der Waals surface area contributed by atoms with Crippen molar-refractivity contribution in [2.45, 2.75) is 69.7 Å². The third-order valence-electron chi connectivity index (χ3n) is 4.96. The van der Waals surface area contributed by atoms with E-state index < -0.39 is 34.7 Å². The number of β-amino-alcohol motifs (C(OH)–C–C–N with tert-alkyl or cyclic N) is 1. The summed E-state index contributed by atoms with van der Waals surface area (Å²) in [4.78, 5) is 27.8. The molecule has 9 nitrogen and oxygen atoms in total. The maximum absolute atomic E-state index is 13.5. The van der Waals surface area contributed by atoms with Crippen LogP contribution in [0.15, 0.2) is 24.3 Å². The molecule has 0 bridgehead atoms. The predicted octanol–water partition coefficient (Wildman–Crippen LogP) is 1.96. The molecule has 0 spiro atoms. The number of para-hydroxylation sites is 1. The van der Waals surface area contributed by atoms with Crippen molar-refractivity contribution in [3.05, 3.63) is 40.2 Å². The molecule has 168 valence electrons. The molecule has 1 aromatic carbocycles. The molecule has 0 heterocycles. The smallest absolute Gasteiger partial charge is 0.294 e. The van der Waals surface area contributed by atoms with E-state index in [4.69, 9.17) is 9.57 Å². The second kappa shape index (κ2) is 11.1. The fraction of sp³-hybridized carbons (Fsp3) is 0.650. The van der Waals surface area contributed by atoms with Crippen LogP contribution in [0.4, 0.5) is 4.39 Å². The van der Waals surface area contributed by atoms with Crippen molar-refractivity contribution in [2.75, 3.05) is 13.2 Å². The van der Waals surface area contributed by atoms with Crippen molar-refractivity contribution in [1.82, 2.24) is 10.6 Å². The van der Waals surface area contributed by atoms with Crippen molar-refractivity contribution in [2.24, 2.45) is 0 Å². The molecule has 0 aliphatic heterocycles. The van der Waals surface area contributed by atoms with Gasteiger partial charge in [-0.15, -0.1) is 10.1 Å². The van der Waals surface area contributed by atoms with Gasteiger partial charge in [-0.2, -0.15) is 0 Å². The van der Waals surface area contributed by atoms with Crippen LogP contribution in [0.5, 0.6) is 5.75 Å². The number of halogens is 1. The van der Waals surface area contributed by atoms with E-state index in [9.17, 15) is 24.4 Å². The average Bonchev–Trinajstić information content (AvgIpc) is 2.66.